The molecule has 5 nitrogen and oxygen atoms in total. The molecular weight excluding hydrogens is 302 g/mol. The molecule has 24 heavy (non-hydrogen) atoms. The van der Waals surface area contributed by atoms with Gasteiger partial charge in [-0.2, -0.15) is 0 Å². The van der Waals surface area contributed by atoms with Crippen LogP contribution in [0.1, 0.15) is 5.56 Å². The van der Waals surface area contributed by atoms with E-state index in [4.69, 9.17) is 9.47 Å². The molecular formula is C19H29N3O2. The molecule has 1 unspecified atom stereocenters. The highest BCUT2D eigenvalue weighted by atomic mass is 16.5. The van der Waals surface area contributed by atoms with E-state index in [9.17, 15) is 0 Å². The topological polar surface area (TPSA) is 29.9 Å². The Labute approximate surface area is 144 Å². The van der Waals surface area contributed by atoms with Crippen LogP contribution in [0.25, 0.3) is 10.9 Å². The molecule has 1 atom stereocenters. The van der Waals surface area contributed by atoms with Crippen LogP contribution in [0.4, 0.5) is 0 Å². The zero-order chi connectivity index (χ0) is 17.1. The molecule has 2 heterocycles. The molecule has 1 saturated heterocycles. The van der Waals surface area contributed by atoms with E-state index in [1.807, 2.05) is 6.07 Å². The SMILES string of the molecule is COc1ccc2c(CN3CCOCC(CN(C)C)C3)cn(C)c2c1. The molecule has 0 N–H and O–H groups in total. The number of nitrogens with zero attached hydrogens (tertiary/aromatic N) is 3. The first kappa shape index (κ1) is 17.3. The lowest BCUT2D eigenvalue weighted by atomic mass is 10.1. The van der Waals surface area contributed by atoms with Gasteiger partial charge >= 0.3 is 0 Å². The number of hydrogen-bond acceptors (Lipinski definition) is 4. The summed E-state index contributed by atoms with van der Waals surface area (Å²) in [4.78, 5) is 4.78. The molecule has 0 radical (unpaired) electrons. The van der Waals surface area contributed by atoms with Gasteiger partial charge in [-0.3, -0.25) is 4.90 Å². The molecule has 0 spiro atoms. The summed E-state index contributed by atoms with van der Waals surface area (Å²) in [5.74, 6) is 1.47. The minimum Gasteiger partial charge on any atom is -0.497 e. The minimum atomic E-state index is 0.567. The Morgan fingerprint density at radius 1 is 1.33 bits per heavy atom. The fourth-order valence-electron chi connectivity index (χ4n) is 3.66. The second-order valence-electron chi connectivity index (χ2n) is 7.09. The third-order valence-corrected chi connectivity index (χ3v) is 4.72. The molecule has 1 aromatic carbocycles. The quantitative estimate of drug-likeness (QED) is 0.840. The summed E-state index contributed by atoms with van der Waals surface area (Å²) in [5, 5.41) is 1.31. The van der Waals surface area contributed by atoms with Gasteiger partial charge < -0.3 is 18.9 Å². The molecule has 3 rings (SSSR count). The zero-order valence-electron chi connectivity index (χ0n) is 15.3. The number of methoxy groups -OCH3 is 1. The third kappa shape index (κ3) is 3.91. The van der Waals surface area contributed by atoms with E-state index in [-0.39, 0.29) is 0 Å². The van der Waals surface area contributed by atoms with E-state index >= 15 is 0 Å². The lowest BCUT2D eigenvalue weighted by Gasteiger charge is -2.25. The van der Waals surface area contributed by atoms with E-state index in [0.717, 1.165) is 45.1 Å². The Balaban J connectivity index is 1.78. The van der Waals surface area contributed by atoms with Gasteiger partial charge in [-0.25, -0.2) is 0 Å². The summed E-state index contributed by atoms with van der Waals surface area (Å²) < 4.78 is 13.4. The second-order valence-corrected chi connectivity index (χ2v) is 7.09. The summed E-state index contributed by atoms with van der Waals surface area (Å²) in [6, 6.07) is 6.33. The van der Waals surface area contributed by atoms with Gasteiger partial charge in [0.25, 0.3) is 0 Å². The smallest absolute Gasteiger partial charge is 0.120 e. The van der Waals surface area contributed by atoms with Crippen molar-refractivity contribution in [3.63, 3.8) is 0 Å². The minimum absolute atomic E-state index is 0.567. The standard InChI is InChI=1S/C19H29N3O2/c1-20(2)10-15-11-22(7-8-24-14-15)13-16-12-21(3)19-9-17(23-4)5-6-18(16)19/h5-6,9,12,15H,7-8,10-11,13-14H2,1-4H3. The predicted octanol–water partition coefficient (Wildman–Crippen LogP) is 2.20. The predicted molar refractivity (Wildman–Crippen MR) is 97.6 cm³/mol. The van der Waals surface area contributed by atoms with Gasteiger partial charge in [0.2, 0.25) is 0 Å². The summed E-state index contributed by atoms with van der Waals surface area (Å²) in [5.41, 5.74) is 2.60. The number of rotatable bonds is 5. The average molecular weight is 331 g/mol. The van der Waals surface area contributed by atoms with Gasteiger partial charge in [-0.05, 0) is 31.8 Å². The fourth-order valence-corrected chi connectivity index (χ4v) is 3.66. The maximum Gasteiger partial charge on any atom is 0.120 e. The Morgan fingerprint density at radius 3 is 2.92 bits per heavy atom. The van der Waals surface area contributed by atoms with Crippen LogP contribution < -0.4 is 4.74 Å². The van der Waals surface area contributed by atoms with Crippen molar-refractivity contribution in [1.82, 2.24) is 14.4 Å². The van der Waals surface area contributed by atoms with Crippen LogP contribution in [0, 0.1) is 5.92 Å². The van der Waals surface area contributed by atoms with Gasteiger partial charge in [0.05, 0.1) is 25.8 Å². The first-order valence-corrected chi connectivity index (χ1v) is 8.63. The van der Waals surface area contributed by atoms with Gasteiger partial charge in [0.15, 0.2) is 0 Å². The molecule has 1 fully saturated rings. The highest BCUT2D eigenvalue weighted by molar-refractivity contribution is 5.85. The van der Waals surface area contributed by atoms with Crippen LogP contribution >= 0.6 is 0 Å². The average Bonchev–Trinajstić information content (AvgIpc) is 2.71. The van der Waals surface area contributed by atoms with Crippen molar-refractivity contribution >= 4 is 10.9 Å². The molecule has 1 aliphatic heterocycles. The Morgan fingerprint density at radius 2 is 2.17 bits per heavy atom. The van der Waals surface area contributed by atoms with Crippen molar-refractivity contribution in [1.29, 1.82) is 0 Å². The van der Waals surface area contributed by atoms with Crippen LogP contribution in [-0.4, -0.2) is 68.4 Å². The van der Waals surface area contributed by atoms with Crippen molar-refractivity contribution in [3.8, 4) is 5.75 Å². The number of aryl methyl sites for hydroxylation is 1. The molecule has 132 valence electrons. The summed E-state index contributed by atoms with van der Waals surface area (Å²) in [6.45, 7) is 5.81. The highest BCUT2D eigenvalue weighted by Gasteiger charge is 2.20. The molecule has 0 saturated carbocycles. The van der Waals surface area contributed by atoms with Crippen molar-refractivity contribution in [2.45, 2.75) is 6.54 Å². The zero-order valence-corrected chi connectivity index (χ0v) is 15.3. The molecule has 5 heteroatoms. The highest BCUT2D eigenvalue weighted by Crippen LogP contribution is 2.26. The fraction of sp³-hybridized carbons (Fsp3) is 0.579. The van der Waals surface area contributed by atoms with Crippen LogP contribution in [0.2, 0.25) is 0 Å². The van der Waals surface area contributed by atoms with Crippen LogP contribution in [-0.2, 0) is 18.3 Å². The molecule has 1 aromatic heterocycles. The lowest BCUT2D eigenvalue weighted by Crippen LogP contribution is -2.34. The molecule has 2 aromatic rings. The van der Waals surface area contributed by atoms with E-state index in [2.05, 4.69) is 53.8 Å². The van der Waals surface area contributed by atoms with Crippen LogP contribution in [0.15, 0.2) is 24.4 Å². The summed E-state index contributed by atoms with van der Waals surface area (Å²) >= 11 is 0. The largest absolute Gasteiger partial charge is 0.497 e. The van der Waals surface area contributed by atoms with Crippen molar-refractivity contribution in [2.75, 3.05) is 54.1 Å². The maximum absolute atomic E-state index is 5.81. The molecule has 0 aliphatic carbocycles. The van der Waals surface area contributed by atoms with Crippen LogP contribution in [0.5, 0.6) is 5.75 Å². The maximum atomic E-state index is 5.81. The van der Waals surface area contributed by atoms with Gasteiger partial charge in [-0.1, -0.05) is 0 Å². The summed E-state index contributed by atoms with van der Waals surface area (Å²) in [6.07, 6.45) is 2.25. The van der Waals surface area contributed by atoms with Crippen molar-refractivity contribution in [3.05, 3.63) is 30.0 Å². The van der Waals surface area contributed by atoms with Crippen molar-refractivity contribution < 1.29 is 9.47 Å². The number of ether oxygens (including phenoxy) is 2. The molecule has 0 amide bonds. The Kier molecular flexibility index (Phi) is 5.43. The number of benzene rings is 1. The van der Waals surface area contributed by atoms with E-state index in [1.165, 1.54) is 16.5 Å². The number of aromatic nitrogens is 1. The van der Waals surface area contributed by atoms with Crippen LogP contribution in [0.3, 0.4) is 0 Å². The third-order valence-electron chi connectivity index (χ3n) is 4.72. The van der Waals surface area contributed by atoms with Crippen molar-refractivity contribution in [2.24, 2.45) is 13.0 Å². The number of hydrogen-bond donors (Lipinski definition) is 0. The van der Waals surface area contributed by atoms with E-state index in [0.29, 0.717) is 5.92 Å². The number of fused-ring (bicyclic) bond motifs is 1. The second kappa shape index (κ2) is 7.55. The van der Waals surface area contributed by atoms with Gasteiger partial charge in [0.1, 0.15) is 5.75 Å². The monoisotopic (exact) mass is 331 g/mol. The normalized spacial score (nSPS) is 19.8. The first-order chi connectivity index (χ1) is 11.6. The van der Waals surface area contributed by atoms with E-state index < -0.39 is 0 Å². The molecule has 1 aliphatic rings. The van der Waals surface area contributed by atoms with Gasteiger partial charge in [-0.15, -0.1) is 0 Å². The Hall–Kier alpha value is -1.56. The van der Waals surface area contributed by atoms with Gasteiger partial charge in [0, 0.05) is 56.8 Å². The summed E-state index contributed by atoms with van der Waals surface area (Å²) in [7, 11) is 8.08. The van der Waals surface area contributed by atoms with E-state index in [1.54, 1.807) is 7.11 Å². The molecule has 0 bridgehead atoms. The first-order valence-electron chi connectivity index (χ1n) is 8.63. The lowest BCUT2D eigenvalue weighted by molar-refractivity contribution is 0.112. The Bertz CT molecular complexity index is 681.